The number of nitriles is 1. The molecule has 3 aromatic rings. The Labute approximate surface area is 221 Å². The Kier molecular flexibility index (Phi) is 9.25. The minimum Gasteiger partial charge on any atom is -0.325 e. The van der Waals surface area contributed by atoms with E-state index in [2.05, 4.69) is 11.4 Å². The first kappa shape index (κ1) is 28.1. The number of thiol groups is 1. The van der Waals surface area contributed by atoms with Gasteiger partial charge in [0.2, 0.25) is 5.91 Å². The standard InChI is InChI=1S/C30H35N3O3S/c1-19(2)26-15-23(25-10-8-7-9-22(25)17-31)16-27(20(3)4)28(26)29(37(35)36)30(34)32-24-13-11-21(12-14-24)18-33(5)6/h7-16,19-20,29,37H,18H2,1-6H3,(H,32,34). The van der Waals surface area contributed by atoms with Crippen molar-refractivity contribution in [3.05, 3.63) is 88.5 Å². The molecule has 0 fully saturated rings. The molecule has 6 nitrogen and oxygen atoms in total. The lowest BCUT2D eigenvalue weighted by Gasteiger charge is -2.25. The number of carbonyl (C=O) groups excluding carboxylic acids is 1. The molecule has 0 saturated carbocycles. The van der Waals surface area contributed by atoms with Crippen LogP contribution in [0.25, 0.3) is 11.1 Å². The third-order valence-corrected chi connectivity index (χ3v) is 7.21. The molecular weight excluding hydrogens is 482 g/mol. The van der Waals surface area contributed by atoms with Gasteiger partial charge in [0, 0.05) is 12.2 Å². The topological polar surface area (TPSA) is 90.3 Å². The number of hydrogen-bond acceptors (Lipinski definition) is 5. The van der Waals surface area contributed by atoms with Crippen LogP contribution in [0.2, 0.25) is 0 Å². The molecule has 1 atom stereocenters. The molecule has 0 heterocycles. The number of hydrogen-bond donors (Lipinski definition) is 2. The lowest BCUT2D eigenvalue weighted by Crippen LogP contribution is -2.25. The van der Waals surface area contributed by atoms with Gasteiger partial charge in [0.25, 0.3) is 0 Å². The van der Waals surface area contributed by atoms with Crippen LogP contribution in [0.15, 0.2) is 60.7 Å². The van der Waals surface area contributed by atoms with Gasteiger partial charge in [-0.2, -0.15) is 5.26 Å². The molecule has 0 aromatic heterocycles. The Balaban J connectivity index is 2.12. The molecule has 37 heavy (non-hydrogen) atoms. The average Bonchev–Trinajstić information content (AvgIpc) is 2.84. The first-order valence-electron chi connectivity index (χ1n) is 12.4. The highest BCUT2D eigenvalue weighted by molar-refractivity contribution is 7.73. The monoisotopic (exact) mass is 517 g/mol. The Hall–Kier alpha value is -3.47. The first-order valence-corrected chi connectivity index (χ1v) is 13.6. The molecule has 7 heteroatoms. The quantitative estimate of drug-likeness (QED) is 0.349. The van der Waals surface area contributed by atoms with E-state index in [4.69, 9.17) is 0 Å². The molecule has 1 amide bonds. The van der Waals surface area contributed by atoms with Crippen molar-refractivity contribution in [3.8, 4) is 17.2 Å². The van der Waals surface area contributed by atoms with Gasteiger partial charge in [-0.1, -0.05) is 70.2 Å². The van der Waals surface area contributed by atoms with Gasteiger partial charge >= 0.3 is 0 Å². The van der Waals surface area contributed by atoms with Crippen molar-refractivity contribution < 1.29 is 13.2 Å². The highest BCUT2D eigenvalue weighted by Crippen LogP contribution is 2.39. The van der Waals surface area contributed by atoms with E-state index in [0.29, 0.717) is 16.8 Å². The van der Waals surface area contributed by atoms with Crippen LogP contribution in [0.1, 0.15) is 72.6 Å². The molecule has 0 aliphatic carbocycles. The maximum atomic E-state index is 13.5. The zero-order valence-electron chi connectivity index (χ0n) is 22.3. The average molecular weight is 518 g/mol. The Morgan fingerprint density at radius 1 is 0.946 bits per heavy atom. The minimum absolute atomic E-state index is 0.0442. The van der Waals surface area contributed by atoms with Gasteiger partial charge in [-0.3, -0.25) is 4.79 Å². The van der Waals surface area contributed by atoms with Crippen LogP contribution in [0, 0.1) is 11.3 Å². The van der Waals surface area contributed by atoms with Crippen LogP contribution in [-0.2, 0) is 22.0 Å². The molecule has 0 spiro atoms. The summed E-state index contributed by atoms with van der Waals surface area (Å²) in [7, 11) is 0.840. The molecule has 0 aliphatic heterocycles. The van der Waals surface area contributed by atoms with Gasteiger partial charge in [0.1, 0.15) is 0 Å². The maximum Gasteiger partial charge on any atom is 0.247 e. The summed E-state index contributed by atoms with van der Waals surface area (Å²) in [6.45, 7) is 8.71. The number of nitrogens with one attached hydrogen (secondary N) is 1. The number of nitrogens with zero attached hydrogens (tertiary/aromatic N) is 2. The van der Waals surface area contributed by atoms with Crippen LogP contribution in [-0.4, -0.2) is 33.3 Å². The zero-order valence-corrected chi connectivity index (χ0v) is 23.2. The van der Waals surface area contributed by atoms with Gasteiger partial charge in [-0.25, -0.2) is 8.42 Å². The summed E-state index contributed by atoms with van der Waals surface area (Å²) in [5.74, 6) is -0.667. The SMILES string of the molecule is CC(C)c1cc(-c2ccccc2C#N)cc(C(C)C)c1C(C(=O)Nc1ccc(CN(C)C)cc1)[SH](=O)=O. The first-order chi connectivity index (χ1) is 17.5. The summed E-state index contributed by atoms with van der Waals surface area (Å²) in [5.41, 5.74) is 5.90. The smallest absolute Gasteiger partial charge is 0.247 e. The van der Waals surface area contributed by atoms with Crippen LogP contribution in [0.5, 0.6) is 0 Å². The van der Waals surface area contributed by atoms with Gasteiger partial charge in [0.15, 0.2) is 16.0 Å². The van der Waals surface area contributed by atoms with Crippen LogP contribution < -0.4 is 5.32 Å². The van der Waals surface area contributed by atoms with E-state index in [-0.39, 0.29) is 11.8 Å². The second kappa shape index (κ2) is 12.2. The molecule has 1 N–H and O–H groups in total. The third kappa shape index (κ3) is 6.65. The molecule has 194 valence electrons. The molecule has 3 rings (SSSR count). The number of amides is 1. The molecule has 0 aliphatic rings. The van der Waals surface area contributed by atoms with Crippen molar-refractivity contribution >= 4 is 22.3 Å². The summed E-state index contributed by atoms with van der Waals surface area (Å²) in [4.78, 5) is 15.5. The van der Waals surface area contributed by atoms with Crippen LogP contribution >= 0.6 is 0 Å². The largest absolute Gasteiger partial charge is 0.325 e. The van der Waals surface area contributed by atoms with Crippen molar-refractivity contribution in [2.45, 2.75) is 51.3 Å². The van der Waals surface area contributed by atoms with E-state index in [1.54, 1.807) is 18.2 Å². The summed E-state index contributed by atoms with van der Waals surface area (Å²) >= 11 is 0. The van der Waals surface area contributed by atoms with E-state index < -0.39 is 21.9 Å². The second-order valence-corrected chi connectivity index (χ2v) is 11.2. The molecule has 0 saturated heterocycles. The number of benzene rings is 3. The summed E-state index contributed by atoms with van der Waals surface area (Å²) in [6.07, 6.45) is 0. The lowest BCUT2D eigenvalue weighted by atomic mass is 9.83. The van der Waals surface area contributed by atoms with Crippen molar-refractivity contribution in [1.82, 2.24) is 4.90 Å². The predicted octanol–water partition coefficient (Wildman–Crippen LogP) is 5.82. The second-order valence-electron chi connectivity index (χ2n) is 10.1. The number of anilines is 1. The Bertz CT molecular complexity index is 1350. The fraction of sp³-hybridized carbons (Fsp3) is 0.333. The van der Waals surface area contributed by atoms with Crippen LogP contribution in [0.3, 0.4) is 0 Å². The van der Waals surface area contributed by atoms with Gasteiger partial charge in [0.05, 0.1) is 11.6 Å². The van der Waals surface area contributed by atoms with Crippen LogP contribution in [0.4, 0.5) is 5.69 Å². The molecule has 0 bridgehead atoms. The van der Waals surface area contributed by atoms with Gasteiger partial charge < -0.3 is 10.2 Å². The van der Waals surface area contributed by atoms with E-state index in [1.807, 2.05) is 89.2 Å². The fourth-order valence-corrected chi connectivity index (χ4v) is 5.32. The number of rotatable bonds is 9. The van der Waals surface area contributed by atoms with Gasteiger partial charge in [-0.05, 0) is 77.5 Å². The Morgan fingerprint density at radius 3 is 2.00 bits per heavy atom. The van der Waals surface area contributed by atoms with Crippen molar-refractivity contribution in [2.24, 2.45) is 0 Å². The van der Waals surface area contributed by atoms with E-state index in [0.717, 1.165) is 34.4 Å². The minimum atomic E-state index is -3.12. The highest BCUT2D eigenvalue weighted by Gasteiger charge is 2.31. The van der Waals surface area contributed by atoms with E-state index >= 15 is 0 Å². The molecule has 0 radical (unpaired) electrons. The summed E-state index contributed by atoms with van der Waals surface area (Å²) in [6, 6.07) is 20.9. The van der Waals surface area contributed by atoms with Gasteiger partial charge in [-0.15, -0.1) is 0 Å². The summed E-state index contributed by atoms with van der Waals surface area (Å²) < 4.78 is 25.3. The van der Waals surface area contributed by atoms with E-state index in [1.165, 1.54) is 0 Å². The Morgan fingerprint density at radius 2 is 1.51 bits per heavy atom. The normalized spacial score (nSPS) is 12.2. The molecule has 1 unspecified atom stereocenters. The molecule has 3 aromatic carbocycles. The lowest BCUT2D eigenvalue weighted by molar-refractivity contribution is -0.115. The predicted molar refractivity (Wildman–Crippen MR) is 150 cm³/mol. The zero-order chi connectivity index (χ0) is 27.3. The van der Waals surface area contributed by atoms with E-state index in [9.17, 15) is 18.5 Å². The molecular formula is C30H35N3O3S. The maximum absolute atomic E-state index is 13.5. The third-order valence-electron chi connectivity index (χ3n) is 6.30. The fourth-order valence-electron chi connectivity index (χ4n) is 4.56. The summed E-state index contributed by atoms with van der Waals surface area (Å²) in [5, 5.41) is 11.1. The van der Waals surface area contributed by atoms with Crippen molar-refractivity contribution in [1.29, 1.82) is 5.26 Å². The number of carbonyl (C=O) groups is 1. The van der Waals surface area contributed by atoms with Crippen molar-refractivity contribution in [2.75, 3.05) is 19.4 Å². The highest BCUT2D eigenvalue weighted by atomic mass is 32.2. The van der Waals surface area contributed by atoms with Crippen molar-refractivity contribution in [3.63, 3.8) is 0 Å².